The third-order valence-electron chi connectivity index (χ3n) is 2.07. The maximum absolute atomic E-state index is 11.6. The zero-order valence-corrected chi connectivity index (χ0v) is 9.70. The largest absolute Gasteiger partial charge is 0.310 e. The molecule has 1 aromatic heterocycles. The third kappa shape index (κ3) is 2.61. The Hall–Kier alpha value is -0.770. The molecule has 0 fully saturated rings. The standard InChI is InChI=1S/C10H16N2OS/c1-4-8-7(3)11-9(6-14-5-2)12-10(8)13/h4-6H2,1-3H3,(H,11,12,13). The Labute approximate surface area is 88.3 Å². The van der Waals surface area contributed by atoms with E-state index in [1.165, 1.54) is 0 Å². The highest BCUT2D eigenvalue weighted by Gasteiger charge is 2.05. The van der Waals surface area contributed by atoms with Gasteiger partial charge in [-0.25, -0.2) is 4.98 Å². The molecule has 4 heteroatoms. The Morgan fingerprint density at radius 2 is 2.14 bits per heavy atom. The van der Waals surface area contributed by atoms with Gasteiger partial charge in [0.1, 0.15) is 5.82 Å². The van der Waals surface area contributed by atoms with Gasteiger partial charge in [-0.05, 0) is 19.1 Å². The molecule has 0 aliphatic carbocycles. The number of aromatic amines is 1. The average Bonchev–Trinajstić information content (AvgIpc) is 2.14. The summed E-state index contributed by atoms with van der Waals surface area (Å²) in [4.78, 5) is 18.7. The Morgan fingerprint density at radius 1 is 1.43 bits per heavy atom. The number of aromatic nitrogens is 2. The first-order chi connectivity index (χ1) is 6.69. The summed E-state index contributed by atoms with van der Waals surface area (Å²) in [6, 6.07) is 0. The number of H-pyrrole nitrogens is 1. The van der Waals surface area contributed by atoms with Crippen LogP contribution < -0.4 is 5.56 Å². The van der Waals surface area contributed by atoms with Crippen molar-refractivity contribution in [2.24, 2.45) is 0 Å². The molecule has 1 N–H and O–H groups in total. The van der Waals surface area contributed by atoms with Crippen LogP contribution in [0, 0.1) is 6.92 Å². The van der Waals surface area contributed by atoms with Crippen LogP contribution in [0.25, 0.3) is 0 Å². The minimum Gasteiger partial charge on any atom is -0.310 e. The summed E-state index contributed by atoms with van der Waals surface area (Å²) >= 11 is 1.76. The fourth-order valence-corrected chi connectivity index (χ4v) is 1.89. The molecule has 0 saturated heterocycles. The summed E-state index contributed by atoms with van der Waals surface area (Å²) in [6.07, 6.45) is 0.745. The topological polar surface area (TPSA) is 45.8 Å². The lowest BCUT2D eigenvalue weighted by molar-refractivity contribution is 0.908. The lowest BCUT2D eigenvalue weighted by Gasteiger charge is -2.04. The summed E-state index contributed by atoms with van der Waals surface area (Å²) in [5.41, 5.74) is 1.69. The lowest BCUT2D eigenvalue weighted by Crippen LogP contribution is -2.18. The summed E-state index contributed by atoms with van der Waals surface area (Å²) < 4.78 is 0. The van der Waals surface area contributed by atoms with Crippen molar-refractivity contribution in [3.05, 3.63) is 27.4 Å². The van der Waals surface area contributed by atoms with Crippen molar-refractivity contribution in [1.29, 1.82) is 0 Å². The Morgan fingerprint density at radius 3 is 2.64 bits per heavy atom. The summed E-state index contributed by atoms with van der Waals surface area (Å²) in [6.45, 7) is 5.96. The number of rotatable bonds is 4. The van der Waals surface area contributed by atoms with E-state index in [1.54, 1.807) is 11.8 Å². The van der Waals surface area contributed by atoms with E-state index >= 15 is 0 Å². The van der Waals surface area contributed by atoms with Crippen LogP contribution >= 0.6 is 11.8 Å². The quantitative estimate of drug-likeness (QED) is 0.829. The molecule has 1 heterocycles. The molecule has 78 valence electrons. The van der Waals surface area contributed by atoms with E-state index in [9.17, 15) is 4.79 Å². The average molecular weight is 212 g/mol. The number of nitrogens with one attached hydrogen (secondary N) is 1. The molecule has 0 bridgehead atoms. The molecule has 0 aliphatic rings. The highest BCUT2D eigenvalue weighted by atomic mass is 32.2. The second-order valence-corrected chi connectivity index (χ2v) is 4.34. The van der Waals surface area contributed by atoms with Crippen LogP contribution in [0.5, 0.6) is 0 Å². The van der Waals surface area contributed by atoms with Crippen molar-refractivity contribution in [3.8, 4) is 0 Å². The van der Waals surface area contributed by atoms with Crippen LogP contribution in [0.3, 0.4) is 0 Å². The Balaban J connectivity index is 2.96. The van der Waals surface area contributed by atoms with Gasteiger partial charge in [-0.15, -0.1) is 0 Å². The van der Waals surface area contributed by atoms with Crippen LogP contribution in [0.4, 0.5) is 0 Å². The maximum atomic E-state index is 11.6. The number of nitrogens with zero attached hydrogens (tertiary/aromatic N) is 1. The maximum Gasteiger partial charge on any atom is 0.254 e. The zero-order valence-electron chi connectivity index (χ0n) is 8.89. The molecule has 1 rings (SSSR count). The molecule has 14 heavy (non-hydrogen) atoms. The number of hydrogen-bond acceptors (Lipinski definition) is 3. The molecule has 0 aromatic carbocycles. The molecular formula is C10H16N2OS. The van der Waals surface area contributed by atoms with E-state index in [-0.39, 0.29) is 5.56 Å². The van der Waals surface area contributed by atoms with E-state index in [0.717, 1.165) is 35.0 Å². The predicted octanol–water partition coefficient (Wildman–Crippen LogP) is 1.89. The lowest BCUT2D eigenvalue weighted by atomic mass is 10.2. The summed E-state index contributed by atoms with van der Waals surface area (Å²) in [5, 5.41) is 0. The zero-order chi connectivity index (χ0) is 10.6. The summed E-state index contributed by atoms with van der Waals surface area (Å²) in [7, 11) is 0. The second-order valence-electron chi connectivity index (χ2n) is 3.07. The molecule has 0 saturated carbocycles. The molecule has 0 amide bonds. The third-order valence-corrected chi connectivity index (χ3v) is 2.95. The van der Waals surface area contributed by atoms with Crippen molar-refractivity contribution in [3.63, 3.8) is 0 Å². The Kier molecular flexibility index (Phi) is 4.20. The van der Waals surface area contributed by atoms with Gasteiger partial charge < -0.3 is 4.98 Å². The van der Waals surface area contributed by atoms with E-state index < -0.39 is 0 Å². The van der Waals surface area contributed by atoms with E-state index in [0.29, 0.717) is 0 Å². The van der Waals surface area contributed by atoms with Crippen LogP contribution in [-0.4, -0.2) is 15.7 Å². The highest BCUT2D eigenvalue weighted by Crippen LogP contribution is 2.07. The molecule has 0 spiro atoms. The van der Waals surface area contributed by atoms with Crippen molar-refractivity contribution in [1.82, 2.24) is 9.97 Å². The van der Waals surface area contributed by atoms with Gasteiger partial charge in [0.2, 0.25) is 0 Å². The van der Waals surface area contributed by atoms with Gasteiger partial charge in [-0.2, -0.15) is 11.8 Å². The number of thioether (sulfide) groups is 1. The molecule has 1 aromatic rings. The van der Waals surface area contributed by atoms with Gasteiger partial charge >= 0.3 is 0 Å². The van der Waals surface area contributed by atoms with Crippen LogP contribution in [0.15, 0.2) is 4.79 Å². The van der Waals surface area contributed by atoms with Crippen LogP contribution in [0.1, 0.15) is 30.9 Å². The van der Waals surface area contributed by atoms with Crippen LogP contribution in [0.2, 0.25) is 0 Å². The molecule has 0 aliphatic heterocycles. The van der Waals surface area contributed by atoms with E-state index in [2.05, 4.69) is 16.9 Å². The number of aryl methyl sites for hydroxylation is 1. The van der Waals surface area contributed by atoms with Crippen molar-refractivity contribution in [2.45, 2.75) is 32.9 Å². The SMILES string of the molecule is CCSCc1nc(C)c(CC)c(=O)[nH]1. The van der Waals surface area contributed by atoms with E-state index in [4.69, 9.17) is 0 Å². The molecule has 3 nitrogen and oxygen atoms in total. The molecule has 0 atom stereocenters. The fraction of sp³-hybridized carbons (Fsp3) is 0.600. The minimum absolute atomic E-state index is 0.0201. The smallest absolute Gasteiger partial charge is 0.254 e. The highest BCUT2D eigenvalue weighted by molar-refractivity contribution is 7.98. The monoisotopic (exact) mass is 212 g/mol. The van der Waals surface area contributed by atoms with Gasteiger partial charge in [-0.1, -0.05) is 13.8 Å². The first-order valence-electron chi connectivity index (χ1n) is 4.85. The normalized spacial score (nSPS) is 10.5. The molecule has 0 radical (unpaired) electrons. The van der Waals surface area contributed by atoms with Crippen molar-refractivity contribution >= 4 is 11.8 Å². The van der Waals surface area contributed by atoms with Gasteiger partial charge in [0.05, 0.1) is 5.75 Å². The predicted molar refractivity (Wildman–Crippen MR) is 60.8 cm³/mol. The van der Waals surface area contributed by atoms with Gasteiger partial charge in [-0.3, -0.25) is 4.79 Å². The van der Waals surface area contributed by atoms with Crippen LogP contribution in [-0.2, 0) is 12.2 Å². The van der Waals surface area contributed by atoms with E-state index in [1.807, 2.05) is 13.8 Å². The minimum atomic E-state index is 0.0201. The van der Waals surface area contributed by atoms with Crippen molar-refractivity contribution in [2.75, 3.05) is 5.75 Å². The first kappa shape index (κ1) is 11.3. The molecule has 0 unspecified atom stereocenters. The van der Waals surface area contributed by atoms with Crippen molar-refractivity contribution < 1.29 is 0 Å². The van der Waals surface area contributed by atoms with Gasteiger partial charge in [0.15, 0.2) is 0 Å². The van der Waals surface area contributed by atoms with Gasteiger partial charge in [0.25, 0.3) is 5.56 Å². The molecular weight excluding hydrogens is 196 g/mol. The first-order valence-corrected chi connectivity index (χ1v) is 6.00. The number of hydrogen-bond donors (Lipinski definition) is 1. The second kappa shape index (κ2) is 5.20. The Bertz CT molecular complexity index is 360. The van der Waals surface area contributed by atoms with Gasteiger partial charge in [0, 0.05) is 11.3 Å². The summed E-state index contributed by atoms with van der Waals surface area (Å²) in [5.74, 6) is 2.62. The fourth-order valence-electron chi connectivity index (χ4n) is 1.35.